The molecule has 2 saturated heterocycles. The molecule has 3 N–H and O–H groups in total. The number of hydrogen-bond donors (Lipinski definition) is 2. The molecule has 2 aliphatic heterocycles. The van der Waals surface area contributed by atoms with E-state index < -0.39 is 0 Å². The second-order valence-electron chi connectivity index (χ2n) is 6.10. The van der Waals surface area contributed by atoms with Crippen molar-refractivity contribution in [1.29, 1.82) is 0 Å². The highest BCUT2D eigenvalue weighted by Crippen LogP contribution is 2.28. The Labute approximate surface area is 125 Å². The molecular formula is C16H23N3O2. The Hall–Kier alpha value is -1.59. The van der Waals surface area contributed by atoms with Gasteiger partial charge in [-0.3, -0.25) is 4.90 Å². The molecule has 0 saturated carbocycles. The summed E-state index contributed by atoms with van der Waals surface area (Å²) in [7, 11) is 0. The normalized spacial score (nSPS) is 25.9. The van der Waals surface area contributed by atoms with Crippen LogP contribution >= 0.6 is 0 Å². The lowest BCUT2D eigenvalue weighted by atomic mass is 9.92. The van der Waals surface area contributed by atoms with Crippen LogP contribution in [0, 0.1) is 0 Å². The lowest BCUT2D eigenvalue weighted by molar-refractivity contribution is -0.0111. The van der Waals surface area contributed by atoms with Crippen molar-refractivity contribution in [2.24, 2.45) is 5.73 Å². The van der Waals surface area contributed by atoms with Crippen LogP contribution in [0.5, 0.6) is 0 Å². The zero-order chi connectivity index (χ0) is 14.7. The average Bonchev–Trinajstić information content (AvgIpc) is 2.80. The van der Waals surface area contributed by atoms with E-state index in [0.717, 1.165) is 38.9 Å². The van der Waals surface area contributed by atoms with E-state index in [1.165, 1.54) is 11.1 Å². The molecule has 5 nitrogen and oxygen atoms in total. The summed E-state index contributed by atoms with van der Waals surface area (Å²) in [6, 6.07) is 8.60. The standard InChI is InChI=1S/C16H23N3O2/c17-7-5-13-3-1-4-14(9-13)10-19-8-2-6-16(12-19)11-18-15(20)21-16/h1,3-4,9H,2,5-8,10-12,17H2,(H,18,20)/t16-/m1/s1. The number of nitrogens with two attached hydrogens (primary N) is 1. The minimum Gasteiger partial charge on any atom is -0.440 e. The van der Waals surface area contributed by atoms with Gasteiger partial charge < -0.3 is 15.8 Å². The number of likely N-dealkylation sites (tertiary alicyclic amines) is 1. The number of amides is 1. The van der Waals surface area contributed by atoms with E-state index >= 15 is 0 Å². The minimum absolute atomic E-state index is 0.276. The Kier molecular flexibility index (Phi) is 4.12. The summed E-state index contributed by atoms with van der Waals surface area (Å²) in [5.41, 5.74) is 7.89. The summed E-state index contributed by atoms with van der Waals surface area (Å²) in [6.07, 6.45) is 2.66. The van der Waals surface area contributed by atoms with Crippen LogP contribution in [-0.2, 0) is 17.7 Å². The number of carbonyl (C=O) groups excluding carboxylic acids is 1. The molecule has 5 heteroatoms. The van der Waals surface area contributed by atoms with E-state index in [2.05, 4.69) is 34.5 Å². The topological polar surface area (TPSA) is 67.6 Å². The van der Waals surface area contributed by atoms with Crippen LogP contribution in [0.25, 0.3) is 0 Å². The van der Waals surface area contributed by atoms with Crippen molar-refractivity contribution in [2.45, 2.75) is 31.4 Å². The van der Waals surface area contributed by atoms with Crippen molar-refractivity contribution in [3.63, 3.8) is 0 Å². The molecule has 3 rings (SSSR count). The Bertz CT molecular complexity index is 520. The number of nitrogens with zero attached hydrogens (tertiary/aromatic N) is 1. The lowest BCUT2D eigenvalue weighted by Gasteiger charge is -2.38. The molecular weight excluding hydrogens is 266 g/mol. The maximum absolute atomic E-state index is 11.3. The molecule has 0 radical (unpaired) electrons. The van der Waals surface area contributed by atoms with Gasteiger partial charge in [-0.05, 0) is 43.5 Å². The van der Waals surface area contributed by atoms with Crippen LogP contribution in [0.1, 0.15) is 24.0 Å². The predicted octanol–water partition coefficient (Wildman–Crippen LogP) is 1.26. The van der Waals surface area contributed by atoms with Gasteiger partial charge in [0.1, 0.15) is 5.60 Å². The third-order valence-corrected chi connectivity index (χ3v) is 4.31. The second-order valence-corrected chi connectivity index (χ2v) is 6.10. The molecule has 2 heterocycles. The molecule has 21 heavy (non-hydrogen) atoms. The van der Waals surface area contributed by atoms with Crippen molar-refractivity contribution >= 4 is 6.09 Å². The maximum Gasteiger partial charge on any atom is 0.407 e. The van der Waals surface area contributed by atoms with Crippen molar-refractivity contribution in [3.05, 3.63) is 35.4 Å². The van der Waals surface area contributed by atoms with E-state index in [0.29, 0.717) is 13.1 Å². The summed E-state index contributed by atoms with van der Waals surface area (Å²) in [6.45, 7) is 4.08. The van der Waals surface area contributed by atoms with E-state index in [1.807, 2.05) is 0 Å². The fourth-order valence-corrected chi connectivity index (χ4v) is 3.36. The molecule has 0 aliphatic carbocycles. The molecule has 0 unspecified atom stereocenters. The summed E-state index contributed by atoms with van der Waals surface area (Å²) >= 11 is 0. The van der Waals surface area contributed by atoms with Crippen LogP contribution in [0.3, 0.4) is 0 Å². The zero-order valence-electron chi connectivity index (χ0n) is 12.3. The van der Waals surface area contributed by atoms with Crippen molar-refractivity contribution in [1.82, 2.24) is 10.2 Å². The highest BCUT2D eigenvalue weighted by molar-refractivity contribution is 5.70. The number of benzene rings is 1. The van der Waals surface area contributed by atoms with Gasteiger partial charge in [0, 0.05) is 13.1 Å². The van der Waals surface area contributed by atoms with Crippen LogP contribution in [0.2, 0.25) is 0 Å². The average molecular weight is 289 g/mol. The Morgan fingerprint density at radius 1 is 1.38 bits per heavy atom. The molecule has 1 spiro atoms. The van der Waals surface area contributed by atoms with Gasteiger partial charge in [0.25, 0.3) is 0 Å². The van der Waals surface area contributed by atoms with E-state index in [4.69, 9.17) is 10.5 Å². The number of carbonyl (C=O) groups is 1. The molecule has 2 aliphatic rings. The molecule has 1 amide bonds. The number of rotatable bonds is 4. The molecule has 1 aromatic rings. The van der Waals surface area contributed by atoms with Crippen LogP contribution in [-0.4, -0.2) is 42.8 Å². The molecule has 0 bridgehead atoms. The van der Waals surface area contributed by atoms with E-state index in [-0.39, 0.29) is 11.7 Å². The summed E-state index contributed by atoms with van der Waals surface area (Å²) in [5, 5.41) is 2.79. The largest absolute Gasteiger partial charge is 0.440 e. The number of piperidine rings is 1. The third-order valence-electron chi connectivity index (χ3n) is 4.31. The van der Waals surface area contributed by atoms with Crippen LogP contribution in [0.4, 0.5) is 4.79 Å². The van der Waals surface area contributed by atoms with Gasteiger partial charge in [-0.25, -0.2) is 4.79 Å². The van der Waals surface area contributed by atoms with E-state index in [1.54, 1.807) is 0 Å². The molecule has 1 atom stereocenters. The van der Waals surface area contributed by atoms with Gasteiger partial charge in [0.05, 0.1) is 6.54 Å². The molecule has 1 aromatic carbocycles. The first kappa shape index (κ1) is 14.4. The first-order valence-corrected chi connectivity index (χ1v) is 7.66. The summed E-state index contributed by atoms with van der Waals surface area (Å²) in [5.74, 6) is 0. The zero-order valence-corrected chi connectivity index (χ0v) is 12.3. The van der Waals surface area contributed by atoms with Gasteiger partial charge >= 0.3 is 6.09 Å². The first-order valence-electron chi connectivity index (χ1n) is 7.66. The second kappa shape index (κ2) is 6.03. The molecule has 0 aromatic heterocycles. The van der Waals surface area contributed by atoms with Gasteiger partial charge in [-0.1, -0.05) is 24.3 Å². The fraction of sp³-hybridized carbons (Fsp3) is 0.562. The Morgan fingerprint density at radius 3 is 3.00 bits per heavy atom. The number of nitrogens with one attached hydrogen (secondary N) is 1. The SMILES string of the molecule is NCCc1cccc(CN2CCC[C@@]3(CNC(=O)O3)C2)c1. The monoisotopic (exact) mass is 289 g/mol. The maximum atomic E-state index is 11.3. The predicted molar refractivity (Wildman–Crippen MR) is 80.9 cm³/mol. The van der Waals surface area contributed by atoms with Crippen molar-refractivity contribution in [2.75, 3.05) is 26.2 Å². The van der Waals surface area contributed by atoms with Crippen LogP contribution < -0.4 is 11.1 Å². The van der Waals surface area contributed by atoms with Gasteiger partial charge in [-0.15, -0.1) is 0 Å². The quantitative estimate of drug-likeness (QED) is 0.876. The highest BCUT2D eigenvalue weighted by atomic mass is 16.6. The summed E-state index contributed by atoms with van der Waals surface area (Å²) in [4.78, 5) is 13.7. The number of hydrogen-bond acceptors (Lipinski definition) is 4. The van der Waals surface area contributed by atoms with Crippen molar-refractivity contribution in [3.8, 4) is 0 Å². The number of alkyl carbamates (subject to hydrolysis) is 1. The lowest BCUT2D eigenvalue weighted by Crippen LogP contribution is -2.50. The third kappa shape index (κ3) is 3.36. The Balaban J connectivity index is 1.64. The molecule has 114 valence electrons. The van der Waals surface area contributed by atoms with Gasteiger partial charge in [-0.2, -0.15) is 0 Å². The first-order chi connectivity index (χ1) is 10.2. The van der Waals surface area contributed by atoms with E-state index in [9.17, 15) is 4.79 Å². The van der Waals surface area contributed by atoms with Crippen LogP contribution in [0.15, 0.2) is 24.3 Å². The van der Waals surface area contributed by atoms with Crippen molar-refractivity contribution < 1.29 is 9.53 Å². The van der Waals surface area contributed by atoms with Gasteiger partial charge in [0.15, 0.2) is 0 Å². The Morgan fingerprint density at radius 2 is 2.24 bits per heavy atom. The minimum atomic E-state index is -0.315. The number of ether oxygens (including phenoxy) is 1. The van der Waals surface area contributed by atoms with Gasteiger partial charge in [0.2, 0.25) is 0 Å². The summed E-state index contributed by atoms with van der Waals surface area (Å²) < 4.78 is 5.51. The highest BCUT2D eigenvalue weighted by Gasteiger charge is 2.43. The smallest absolute Gasteiger partial charge is 0.407 e. The molecule has 2 fully saturated rings. The fourth-order valence-electron chi connectivity index (χ4n) is 3.36.